The van der Waals surface area contributed by atoms with E-state index >= 15 is 0 Å². The molecule has 2 N–H and O–H groups in total. The number of para-hydroxylation sites is 1. The number of carbonyl (C=O) groups excluding carboxylic acids is 2. The first kappa shape index (κ1) is 19.4. The van der Waals surface area contributed by atoms with Crippen molar-refractivity contribution in [1.29, 1.82) is 0 Å². The van der Waals surface area contributed by atoms with E-state index in [0.29, 0.717) is 29.0 Å². The number of hydrogen-bond donors (Lipinski definition) is 2. The first-order valence-corrected chi connectivity index (χ1v) is 8.33. The maximum absolute atomic E-state index is 12.2. The van der Waals surface area contributed by atoms with Crippen LogP contribution in [0.15, 0.2) is 42.7 Å². The van der Waals surface area contributed by atoms with Crippen LogP contribution in [0.4, 0.5) is 11.4 Å². The van der Waals surface area contributed by atoms with Crippen molar-refractivity contribution in [1.82, 2.24) is 15.2 Å². The number of amides is 1. The van der Waals surface area contributed by atoms with Crippen LogP contribution >= 0.6 is 0 Å². The summed E-state index contributed by atoms with van der Waals surface area (Å²) in [5, 5.41) is 5.99. The lowest BCUT2D eigenvalue weighted by molar-refractivity contribution is 0.0601. The molecule has 0 atom stereocenters. The van der Waals surface area contributed by atoms with Crippen molar-refractivity contribution in [2.45, 2.75) is 6.42 Å². The van der Waals surface area contributed by atoms with Crippen LogP contribution in [-0.4, -0.2) is 56.1 Å². The normalized spacial score (nSPS) is 10.5. The molecule has 0 saturated heterocycles. The zero-order valence-electron chi connectivity index (χ0n) is 15.3. The van der Waals surface area contributed by atoms with E-state index in [9.17, 15) is 9.59 Å². The number of ether oxygens (including phenoxy) is 1. The minimum Gasteiger partial charge on any atom is -0.465 e. The second-order valence-electron chi connectivity index (χ2n) is 6.04. The van der Waals surface area contributed by atoms with Crippen molar-refractivity contribution in [3.8, 4) is 0 Å². The van der Waals surface area contributed by atoms with Crippen molar-refractivity contribution < 1.29 is 14.3 Å². The highest BCUT2D eigenvalue weighted by atomic mass is 16.5. The van der Waals surface area contributed by atoms with Crippen LogP contribution in [0.25, 0.3) is 0 Å². The summed E-state index contributed by atoms with van der Waals surface area (Å²) in [7, 11) is 5.32. The van der Waals surface area contributed by atoms with Gasteiger partial charge in [0.1, 0.15) is 0 Å². The van der Waals surface area contributed by atoms with Crippen LogP contribution in [0.5, 0.6) is 0 Å². The third-order valence-electron chi connectivity index (χ3n) is 3.68. The van der Waals surface area contributed by atoms with Gasteiger partial charge in [0.25, 0.3) is 5.91 Å². The molecule has 2 aromatic rings. The Kier molecular flexibility index (Phi) is 7.11. The van der Waals surface area contributed by atoms with Crippen LogP contribution in [-0.2, 0) is 4.74 Å². The third-order valence-corrected chi connectivity index (χ3v) is 3.68. The van der Waals surface area contributed by atoms with Gasteiger partial charge in [0.15, 0.2) is 0 Å². The van der Waals surface area contributed by atoms with Crippen molar-refractivity contribution in [2.75, 3.05) is 39.6 Å². The van der Waals surface area contributed by atoms with E-state index in [1.165, 1.54) is 13.3 Å². The molecule has 1 amide bonds. The number of nitrogens with zero attached hydrogens (tertiary/aromatic N) is 2. The standard InChI is InChI=1S/C19H24N4O3/c1-23(2)10-6-9-21-18(24)14-11-15(13-20-12-14)22-17-8-5-4-7-16(17)19(25)26-3/h4-5,7-8,11-13,22H,6,9-10H2,1-3H3,(H,21,24). The van der Waals surface area contributed by atoms with Crippen molar-refractivity contribution in [2.24, 2.45) is 0 Å². The lowest BCUT2D eigenvalue weighted by atomic mass is 10.1. The fourth-order valence-electron chi connectivity index (χ4n) is 2.37. The van der Waals surface area contributed by atoms with Gasteiger partial charge < -0.3 is 20.3 Å². The van der Waals surface area contributed by atoms with Crippen LogP contribution in [0.3, 0.4) is 0 Å². The molecule has 7 heteroatoms. The average Bonchev–Trinajstić information content (AvgIpc) is 2.65. The van der Waals surface area contributed by atoms with Gasteiger partial charge >= 0.3 is 5.97 Å². The van der Waals surface area contributed by atoms with E-state index in [2.05, 4.69) is 20.5 Å². The molecule has 0 saturated carbocycles. The summed E-state index contributed by atoms with van der Waals surface area (Å²) >= 11 is 0. The molecular weight excluding hydrogens is 332 g/mol. The molecular formula is C19H24N4O3. The van der Waals surface area contributed by atoms with E-state index in [-0.39, 0.29) is 5.91 Å². The summed E-state index contributed by atoms with van der Waals surface area (Å²) in [5.41, 5.74) is 2.07. The van der Waals surface area contributed by atoms with Gasteiger partial charge in [-0.2, -0.15) is 0 Å². The van der Waals surface area contributed by atoms with Crippen LogP contribution < -0.4 is 10.6 Å². The number of nitrogens with one attached hydrogen (secondary N) is 2. The van der Waals surface area contributed by atoms with Crippen LogP contribution in [0.2, 0.25) is 0 Å². The number of benzene rings is 1. The minimum absolute atomic E-state index is 0.179. The number of methoxy groups -OCH3 is 1. The molecule has 0 spiro atoms. The first-order chi connectivity index (χ1) is 12.5. The van der Waals surface area contributed by atoms with Gasteiger partial charge in [-0.25, -0.2) is 4.79 Å². The van der Waals surface area contributed by atoms with E-state index < -0.39 is 5.97 Å². The van der Waals surface area contributed by atoms with Gasteiger partial charge in [-0.1, -0.05) is 12.1 Å². The molecule has 0 radical (unpaired) electrons. The van der Waals surface area contributed by atoms with Gasteiger partial charge in [-0.05, 0) is 45.3 Å². The highest BCUT2D eigenvalue weighted by molar-refractivity contribution is 5.97. The molecule has 138 valence electrons. The molecule has 1 heterocycles. The van der Waals surface area contributed by atoms with E-state index in [1.54, 1.807) is 30.5 Å². The summed E-state index contributed by atoms with van der Waals surface area (Å²) in [6.45, 7) is 1.50. The maximum Gasteiger partial charge on any atom is 0.339 e. The second kappa shape index (κ2) is 9.53. The van der Waals surface area contributed by atoms with Gasteiger partial charge in [-0.15, -0.1) is 0 Å². The van der Waals surface area contributed by atoms with Crippen molar-refractivity contribution >= 4 is 23.3 Å². The Labute approximate surface area is 153 Å². The molecule has 1 aromatic carbocycles. The van der Waals surface area contributed by atoms with Gasteiger partial charge in [0.2, 0.25) is 0 Å². The van der Waals surface area contributed by atoms with Crippen LogP contribution in [0.1, 0.15) is 27.1 Å². The Balaban J connectivity index is 2.06. The lowest BCUT2D eigenvalue weighted by Crippen LogP contribution is -2.27. The Hall–Kier alpha value is -2.93. The maximum atomic E-state index is 12.2. The quantitative estimate of drug-likeness (QED) is 0.558. The Morgan fingerprint density at radius 1 is 1.19 bits per heavy atom. The monoisotopic (exact) mass is 356 g/mol. The van der Waals surface area contributed by atoms with Gasteiger partial charge in [0, 0.05) is 12.7 Å². The number of rotatable bonds is 8. The van der Waals surface area contributed by atoms with E-state index in [1.807, 2.05) is 20.2 Å². The van der Waals surface area contributed by atoms with Crippen molar-refractivity contribution in [3.05, 3.63) is 53.9 Å². The molecule has 0 bridgehead atoms. The first-order valence-electron chi connectivity index (χ1n) is 8.33. The minimum atomic E-state index is -0.434. The lowest BCUT2D eigenvalue weighted by Gasteiger charge is -2.12. The number of carbonyl (C=O) groups is 2. The summed E-state index contributed by atoms with van der Waals surface area (Å²) in [5.74, 6) is -0.614. The Bertz CT molecular complexity index is 762. The molecule has 0 unspecified atom stereocenters. The second-order valence-corrected chi connectivity index (χ2v) is 6.04. The number of pyridine rings is 1. The molecule has 1 aromatic heterocycles. The SMILES string of the molecule is COC(=O)c1ccccc1Nc1cncc(C(=O)NCCCN(C)C)c1. The summed E-state index contributed by atoms with van der Waals surface area (Å²) in [6, 6.07) is 8.70. The average molecular weight is 356 g/mol. The number of hydrogen-bond acceptors (Lipinski definition) is 6. The molecule has 7 nitrogen and oxygen atoms in total. The Morgan fingerprint density at radius 2 is 1.96 bits per heavy atom. The fourth-order valence-corrected chi connectivity index (χ4v) is 2.37. The van der Waals surface area contributed by atoms with Gasteiger partial charge in [-0.3, -0.25) is 9.78 Å². The van der Waals surface area contributed by atoms with E-state index in [4.69, 9.17) is 4.74 Å². The fraction of sp³-hybridized carbons (Fsp3) is 0.316. The van der Waals surface area contributed by atoms with E-state index in [0.717, 1.165) is 13.0 Å². The third kappa shape index (κ3) is 5.56. The number of esters is 1. The topological polar surface area (TPSA) is 83.6 Å². The highest BCUT2D eigenvalue weighted by Gasteiger charge is 2.12. The van der Waals surface area contributed by atoms with Crippen molar-refractivity contribution in [3.63, 3.8) is 0 Å². The molecule has 26 heavy (non-hydrogen) atoms. The molecule has 0 aliphatic rings. The largest absolute Gasteiger partial charge is 0.465 e. The predicted octanol–water partition coefficient (Wildman–Crippen LogP) is 2.29. The molecule has 0 aliphatic heterocycles. The predicted molar refractivity (Wildman–Crippen MR) is 101 cm³/mol. The summed E-state index contributed by atoms with van der Waals surface area (Å²) in [4.78, 5) is 30.3. The molecule has 0 aliphatic carbocycles. The number of anilines is 2. The van der Waals surface area contributed by atoms with Gasteiger partial charge in [0.05, 0.1) is 35.8 Å². The summed E-state index contributed by atoms with van der Waals surface area (Å²) < 4.78 is 4.79. The zero-order chi connectivity index (χ0) is 18.9. The smallest absolute Gasteiger partial charge is 0.339 e. The molecule has 0 fully saturated rings. The summed E-state index contributed by atoms with van der Waals surface area (Å²) in [6.07, 6.45) is 3.98. The Morgan fingerprint density at radius 3 is 2.69 bits per heavy atom. The highest BCUT2D eigenvalue weighted by Crippen LogP contribution is 2.21. The molecule has 2 rings (SSSR count). The zero-order valence-corrected chi connectivity index (χ0v) is 15.3. The van der Waals surface area contributed by atoms with Crippen LogP contribution in [0, 0.1) is 0 Å². The number of aromatic nitrogens is 1.